The molecule has 6 nitrogen and oxygen atoms in total. The molecule has 3 rings (SSSR count). The molecule has 0 aliphatic carbocycles. The molecule has 17 heavy (non-hydrogen) atoms. The van der Waals surface area contributed by atoms with E-state index >= 15 is 0 Å². The highest BCUT2D eigenvalue weighted by Gasteiger charge is 2.30. The Morgan fingerprint density at radius 1 is 1.35 bits per heavy atom. The minimum atomic E-state index is -0.644. The Balaban J connectivity index is 2.05. The Morgan fingerprint density at radius 2 is 2.18 bits per heavy atom. The maximum absolute atomic E-state index is 11.5. The van der Waals surface area contributed by atoms with Gasteiger partial charge < -0.3 is 11.1 Å². The van der Waals surface area contributed by atoms with E-state index in [9.17, 15) is 9.59 Å². The Kier molecular flexibility index (Phi) is 2.02. The van der Waals surface area contributed by atoms with Crippen LogP contribution in [0.3, 0.4) is 0 Å². The molecule has 3 amide bonds. The summed E-state index contributed by atoms with van der Waals surface area (Å²) in [6.45, 7) is 0. The van der Waals surface area contributed by atoms with Gasteiger partial charge in [0, 0.05) is 0 Å². The van der Waals surface area contributed by atoms with Gasteiger partial charge in [0.15, 0.2) is 5.13 Å². The Labute approximate surface area is 99.8 Å². The molecule has 4 N–H and O–H groups in total. The van der Waals surface area contributed by atoms with Crippen molar-refractivity contribution in [2.75, 3.05) is 5.73 Å². The van der Waals surface area contributed by atoms with Crippen molar-refractivity contribution < 1.29 is 9.59 Å². The van der Waals surface area contributed by atoms with Crippen LogP contribution in [0.1, 0.15) is 11.6 Å². The number of amides is 3. The summed E-state index contributed by atoms with van der Waals surface area (Å²) in [7, 11) is 0. The average Bonchev–Trinajstić information content (AvgIpc) is 2.78. The number of anilines is 1. The molecule has 2 heterocycles. The number of hydrogen-bond donors (Lipinski definition) is 3. The van der Waals surface area contributed by atoms with Crippen molar-refractivity contribution in [2.24, 2.45) is 0 Å². The fourth-order valence-electron chi connectivity index (χ4n) is 1.79. The number of rotatable bonds is 1. The predicted molar refractivity (Wildman–Crippen MR) is 63.4 cm³/mol. The molecule has 1 aromatic heterocycles. The Bertz CT molecular complexity index is 636. The molecule has 86 valence electrons. The van der Waals surface area contributed by atoms with Crippen LogP contribution >= 0.6 is 11.3 Å². The SMILES string of the molecule is Nc1nc2cc(C3NC(=O)NC3=O)ccc2s1. The number of nitrogens with one attached hydrogen (secondary N) is 2. The third kappa shape index (κ3) is 1.60. The van der Waals surface area contributed by atoms with E-state index in [1.54, 1.807) is 12.1 Å². The smallest absolute Gasteiger partial charge is 0.322 e. The van der Waals surface area contributed by atoms with Crippen LogP contribution in [0.25, 0.3) is 10.2 Å². The molecular formula is C10H8N4O2S. The third-order valence-corrected chi connectivity index (χ3v) is 3.40. The van der Waals surface area contributed by atoms with Gasteiger partial charge >= 0.3 is 6.03 Å². The number of benzene rings is 1. The van der Waals surface area contributed by atoms with Gasteiger partial charge in [0.1, 0.15) is 6.04 Å². The predicted octanol–water partition coefficient (Wildman–Crippen LogP) is 0.759. The van der Waals surface area contributed by atoms with E-state index in [0.717, 1.165) is 10.2 Å². The summed E-state index contributed by atoms with van der Waals surface area (Å²) in [5, 5.41) is 5.21. The molecule has 1 aliphatic rings. The number of thiazole rings is 1. The molecule has 1 saturated heterocycles. The third-order valence-electron chi connectivity index (χ3n) is 2.54. The van der Waals surface area contributed by atoms with Crippen molar-refractivity contribution in [3.8, 4) is 0 Å². The maximum atomic E-state index is 11.5. The summed E-state index contributed by atoms with van der Waals surface area (Å²) in [6, 6.07) is 4.28. The van der Waals surface area contributed by atoms with Gasteiger partial charge in [0.2, 0.25) is 0 Å². The van der Waals surface area contributed by atoms with Crippen LogP contribution in [0.4, 0.5) is 9.93 Å². The summed E-state index contributed by atoms with van der Waals surface area (Å²) in [5.41, 5.74) is 7.04. The molecule has 1 unspecified atom stereocenters. The second-order valence-corrected chi connectivity index (χ2v) is 4.74. The van der Waals surface area contributed by atoms with Crippen molar-refractivity contribution in [1.29, 1.82) is 0 Å². The summed E-state index contributed by atoms with van der Waals surface area (Å²) >= 11 is 1.38. The van der Waals surface area contributed by atoms with E-state index in [4.69, 9.17) is 5.73 Å². The van der Waals surface area contributed by atoms with E-state index in [1.807, 2.05) is 6.07 Å². The highest BCUT2D eigenvalue weighted by molar-refractivity contribution is 7.22. The topological polar surface area (TPSA) is 97.1 Å². The number of imide groups is 1. The van der Waals surface area contributed by atoms with Crippen LogP contribution in [0.15, 0.2) is 18.2 Å². The van der Waals surface area contributed by atoms with Gasteiger partial charge in [-0.15, -0.1) is 0 Å². The minimum Gasteiger partial charge on any atom is -0.375 e. The minimum absolute atomic E-state index is 0.349. The van der Waals surface area contributed by atoms with E-state index < -0.39 is 12.1 Å². The molecule has 7 heteroatoms. The highest BCUT2D eigenvalue weighted by Crippen LogP contribution is 2.27. The van der Waals surface area contributed by atoms with Gasteiger partial charge in [-0.2, -0.15) is 0 Å². The first-order valence-electron chi connectivity index (χ1n) is 4.91. The van der Waals surface area contributed by atoms with Gasteiger partial charge in [-0.3, -0.25) is 10.1 Å². The Hall–Kier alpha value is -2.15. The number of carbonyl (C=O) groups excluding carboxylic acids is 2. The lowest BCUT2D eigenvalue weighted by Gasteiger charge is -2.06. The first-order chi connectivity index (χ1) is 8.13. The average molecular weight is 248 g/mol. The molecule has 1 aliphatic heterocycles. The van der Waals surface area contributed by atoms with Gasteiger partial charge in [-0.25, -0.2) is 9.78 Å². The zero-order chi connectivity index (χ0) is 12.0. The lowest BCUT2D eigenvalue weighted by Crippen LogP contribution is -2.22. The van der Waals surface area contributed by atoms with E-state index in [-0.39, 0.29) is 5.91 Å². The maximum Gasteiger partial charge on any atom is 0.322 e. The molecule has 1 aromatic carbocycles. The van der Waals surface area contributed by atoms with Gasteiger partial charge in [0.05, 0.1) is 10.2 Å². The summed E-state index contributed by atoms with van der Waals surface area (Å²) in [5.74, 6) is -0.349. The molecule has 0 bridgehead atoms. The molecule has 1 fully saturated rings. The van der Waals surface area contributed by atoms with Crippen LogP contribution in [0, 0.1) is 0 Å². The number of carbonyl (C=O) groups is 2. The zero-order valence-corrected chi connectivity index (χ0v) is 9.38. The van der Waals surface area contributed by atoms with E-state index in [0.29, 0.717) is 10.7 Å². The fraction of sp³-hybridized carbons (Fsp3) is 0.100. The second kappa shape index (κ2) is 3.42. The number of nitrogens with two attached hydrogens (primary N) is 1. The number of nitrogen functional groups attached to an aromatic ring is 1. The van der Waals surface area contributed by atoms with E-state index in [1.165, 1.54) is 11.3 Å². The number of urea groups is 1. The number of hydrogen-bond acceptors (Lipinski definition) is 5. The monoisotopic (exact) mass is 248 g/mol. The largest absolute Gasteiger partial charge is 0.375 e. The molecule has 0 spiro atoms. The number of nitrogens with zero attached hydrogens (tertiary/aromatic N) is 1. The quantitative estimate of drug-likeness (QED) is 0.649. The highest BCUT2D eigenvalue weighted by atomic mass is 32.1. The fourth-order valence-corrected chi connectivity index (χ4v) is 2.51. The summed E-state index contributed by atoms with van der Waals surface area (Å²) < 4.78 is 0.955. The lowest BCUT2D eigenvalue weighted by atomic mass is 10.1. The first-order valence-corrected chi connectivity index (χ1v) is 5.72. The normalized spacial score (nSPS) is 19.4. The van der Waals surface area contributed by atoms with Crippen molar-refractivity contribution in [1.82, 2.24) is 15.6 Å². The van der Waals surface area contributed by atoms with Crippen molar-refractivity contribution in [2.45, 2.75) is 6.04 Å². The van der Waals surface area contributed by atoms with Crippen LogP contribution in [0.5, 0.6) is 0 Å². The molecule has 1 atom stereocenters. The molecule has 2 aromatic rings. The number of aromatic nitrogens is 1. The zero-order valence-electron chi connectivity index (χ0n) is 8.56. The van der Waals surface area contributed by atoms with Crippen molar-refractivity contribution in [3.05, 3.63) is 23.8 Å². The summed E-state index contributed by atoms with van der Waals surface area (Å²) in [6.07, 6.45) is 0. The standard InChI is InChI=1S/C10H8N4O2S/c11-9-12-5-3-4(1-2-6(5)17-9)7-8(15)14-10(16)13-7/h1-3,7H,(H2,11,12)(H2,13,14,15,16). The van der Waals surface area contributed by atoms with Gasteiger partial charge in [-0.05, 0) is 17.7 Å². The van der Waals surface area contributed by atoms with Crippen LogP contribution in [-0.2, 0) is 4.79 Å². The van der Waals surface area contributed by atoms with Crippen molar-refractivity contribution in [3.63, 3.8) is 0 Å². The second-order valence-electron chi connectivity index (χ2n) is 3.67. The van der Waals surface area contributed by atoms with Crippen LogP contribution in [-0.4, -0.2) is 16.9 Å². The van der Waals surface area contributed by atoms with Gasteiger partial charge in [-0.1, -0.05) is 17.4 Å². The number of fused-ring (bicyclic) bond motifs is 1. The molecule has 0 radical (unpaired) electrons. The van der Waals surface area contributed by atoms with Gasteiger partial charge in [0.25, 0.3) is 5.91 Å². The lowest BCUT2D eigenvalue weighted by molar-refractivity contribution is -0.120. The Morgan fingerprint density at radius 3 is 2.88 bits per heavy atom. The summed E-state index contributed by atoms with van der Waals surface area (Å²) in [4.78, 5) is 26.7. The molecular weight excluding hydrogens is 240 g/mol. The van der Waals surface area contributed by atoms with E-state index in [2.05, 4.69) is 15.6 Å². The van der Waals surface area contributed by atoms with Crippen LogP contribution in [0.2, 0.25) is 0 Å². The van der Waals surface area contributed by atoms with Crippen molar-refractivity contribution >= 4 is 38.6 Å². The molecule has 0 saturated carbocycles. The van der Waals surface area contributed by atoms with Crippen LogP contribution < -0.4 is 16.4 Å². The first kappa shape index (κ1) is 10.0.